The summed E-state index contributed by atoms with van der Waals surface area (Å²) in [4.78, 5) is 0. The minimum Gasteiger partial charge on any atom is -0.385 e. The predicted molar refractivity (Wildman–Crippen MR) is 74.9 cm³/mol. The summed E-state index contributed by atoms with van der Waals surface area (Å²) in [7, 11) is 0. The van der Waals surface area contributed by atoms with E-state index in [0.29, 0.717) is 0 Å². The SMILES string of the molecule is Cc1ccc(Cl)cc1NCCC1CCNCC1. The number of aryl methyl sites for hydroxylation is 1. The lowest BCUT2D eigenvalue weighted by Gasteiger charge is -2.22. The molecule has 0 aliphatic carbocycles. The summed E-state index contributed by atoms with van der Waals surface area (Å²) in [5.74, 6) is 0.878. The van der Waals surface area contributed by atoms with E-state index in [9.17, 15) is 0 Å². The molecule has 0 saturated carbocycles. The van der Waals surface area contributed by atoms with Crippen LogP contribution in [-0.4, -0.2) is 19.6 Å². The van der Waals surface area contributed by atoms with Crippen molar-refractivity contribution >= 4 is 17.3 Å². The molecule has 1 aromatic carbocycles. The van der Waals surface area contributed by atoms with Gasteiger partial charge >= 0.3 is 0 Å². The molecule has 17 heavy (non-hydrogen) atoms. The van der Waals surface area contributed by atoms with E-state index in [1.807, 2.05) is 12.1 Å². The van der Waals surface area contributed by atoms with E-state index in [2.05, 4.69) is 23.6 Å². The highest BCUT2D eigenvalue weighted by atomic mass is 35.5. The summed E-state index contributed by atoms with van der Waals surface area (Å²) in [6, 6.07) is 6.02. The van der Waals surface area contributed by atoms with Crippen molar-refractivity contribution in [3.63, 3.8) is 0 Å². The molecule has 1 fully saturated rings. The summed E-state index contributed by atoms with van der Waals surface area (Å²) in [5, 5.41) is 7.70. The average Bonchev–Trinajstić information content (AvgIpc) is 2.35. The van der Waals surface area contributed by atoms with Gasteiger partial charge in [0.05, 0.1) is 0 Å². The fourth-order valence-corrected chi connectivity index (χ4v) is 2.54. The van der Waals surface area contributed by atoms with Gasteiger partial charge in [-0.25, -0.2) is 0 Å². The van der Waals surface area contributed by atoms with Gasteiger partial charge in [0, 0.05) is 17.3 Å². The van der Waals surface area contributed by atoms with E-state index in [-0.39, 0.29) is 0 Å². The van der Waals surface area contributed by atoms with Crippen LogP contribution in [-0.2, 0) is 0 Å². The number of nitrogens with one attached hydrogen (secondary N) is 2. The first-order chi connectivity index (χ1) is 8.25. The van der Waals surface area contributed by atoms with E-state index < -0.39 is 0 Å². The first kappa shape index (κ1) is 12.7. The Hall–Kier alpha value is -0.730. The molecular weight excluding hydrogens is 232 g/mol. The number of rotatable bonds is 4. The fraction of sp³-hybridized carbons (Fsp3) is 0.571. The molecule has 1 heterocycles. The Bertz CT molecular complexity index is 359. The molecule has 0 atom stereocenters. The van der Waals surface area contributed by atoms with Crippen molar-refractivity contribution in [3.05, 3.63) is 28.8 Å². The number of benzene rings is 1. The molecule has 2 rings (SSSR count). The molecule has 94 valence electrons. The second kappa shape index (κ2) is 6.27. The summed E-state index contributed by atoms with van der Waals surface area (Å²) in [6.07, 6.45) is 3.89. The van der Waals surface area contributed by atoms with Crippen LogP contribution in [0.15, 0.2) is 18.2 Å². The Kier molecular flexibility index (Phi) is 4.69. The topological polar surface area (TPSA) is 24.1 Å². The van der Waals surface area contributed by atoms with Crippen molar-refractivity contribution in [3.8, 4) is 0 Å². The Labute approximate surface area is 109 Å². The van der Waals surface area contributed by atoms with Crippen LogP contribution >= 0.6 is 11.6 Å². The standard InChI is InChI=1S/C14H21ClN2/c1-11-2-3-13(15)10-14(11)17-9-6-12-4-7-16-8-5-12/h2-3,10,12,16-17H,4-9H2,1H3. The normalized spacial score (nSPS) is 17.1. The van der Waals surface area contributed by atoms with Crippen LogP contribution < -0.4 is 10.6 Å². The minimum atomic E-state index is 0.806. The average molecular weight is 253 g/mol. The fourth-order valence-electron chi connectivity index (χ4n) is 2.37. The number of anilines is 1. The van der Waals surface area contributed by atoms with Gasteiger partial charge in [-0.1, -0.05) is 17.7 Å². The molecule has 1 saturated heterocycles. The molecule has 1 aliphatic rings. The number of hydrogen-bond donors (Lipinski definition) is 2. The highest BCUT2D eigenvalue weighted by Gasteiger charge is 2.12. The molecule has 0 aromatic heterocycles. The van der Waals surface area contributed by atoms with Crippen LogP contribution in [0.5, 0.6) is 0 Å². The monoisotopic (exact) mass is 252 g/mol. The lowest BCUT2D eigenvalue weighted by atomic mass is 9.95. The molecule has 2 nitrogen and oxygen atoms in total. The van der Waals surface area contributed by atoms with Gasteiger partial charge < -0.3 is 10.6 Å². The van der Waals surface area contributed by atoms with Gasteiger partial charge in [0.15, 0.2) is 0 Å². The first-order valence-electron chi connectivity index (χ1n) is 6.46. The maximum atomic E-state index is 6.00. The molecule has 0 amide bonds. The van der Waals surface area contributed by atoms with Crippen molar-refractivity contribution in [1.82, 2.24) is 5.32 Å². The number of piperidine rings is 1. The highest BCUT2D eigenvalue weighted by molar-refractivity contribution is 6.30. The van der Waals surface area contributed by atoms with E-state index in [1.165, 1.54) is 43.6 Å². The molecule has 1 aliphatic heterocycles. The lowest BCUT2D eigenvalue weighted by Crippen LogP contribution is -2.28. The van der Waals surface area contributed by atoms with Gasteiger partial charge in [-0.2, -0.15) is 0 Å². The third-order valence-electron chi connectivity index (χ3n) is 3.53. The predicted octanol–water partition coefficient (Wildman–Crippen LogP) is 3.45. The van der Waals surface area contributed by atoms with Gasteiger partial charge in [0.1, 0.15) is 0 Å². The van der Waals surface area contributed by atoms with Gasteiger partial charge in [0.2, 0.25) is 0 Å². The maximum absolute atomic E-state index is 6.00. The van der Waals surface area contributed by atoms with Gasteiger partial charge in [-0.15, -0.1) is 0 Å². The molecule has 1 aromatic rings. The zero-order chi connectivity index (χ0) is 12.1. The zero-order valence-corrected chi connectivity index (χ0v) is 11.2. The first-order valence-corrected chi connectivity index (χ1v) is 6.84. The van der Waals surface area contributed by atoms with E-state index in [0.717, 1.165) is 17.5 Å². The second-order valence-corrected chi connectivity index (χ2v) is 5.30. The quantitative estimate of drug-likeness (QED) is 0.858. The summed E-state index contributed by atoms with van der Waals surface area (Å²) in [5.41, 5.74) is 2.44. The maximum Gasteiger partial charge on any atom is 0.0426 e. The third kappa shape index (κ3) is 3.90. The molecule has 0 unspecified atom stereocenters. The van der Waals surface area contributed by atoms with Gasteiger partial charge in [-0.3, -0.25) is 0 Å². The molecule has 0 spiro atoms. The van der Waals surface area contributed by atoms with Crippen molar-refractivity contribution in [2.75, 3.05) is 25.0 Å². The Balaban J connectivity index is 1.79. The van der Waals surface area contributed by atoms with Gasteiger partial charge in [0.25, 0.3) is 0 Å². The second-order valence-electron chi connectivity index (χ2n) is 4.87. The smallest absolute Gasteiger partial charge is 0.0426 e. The Morgan fingerprint density at radius 1 is 1.35 bits per heavy atom. The number of halogens is 1. The van der Waals surface area contributed by atoms with Crippen LogP contribution in [0.25, 0.3) is 0 Å². The van der Waals surface area contributed by atoms with E-state index >= 15 is 0 Å². The Morgan fingerprint density at radius 3 is 2.88 bits per heavy atom. The summed E-state index contributed by atoms with van der Waals surface area (Å²) in [6.45, 7) is 5.52. The van der Waals surface area contributed by atoms with Crippen molar-refractivity contribution in [2.45, 2.75) is 26.2 Å². The highest BCUT2D eigenvalue weighted by Crippen LogP contribution is 2.21. The van der Waals surface area contributed by atoms with Crippen molar-refractivity contribution < 1.29 is 0 Å². The summed E-state index contributed by atoms with van der Waals surface area (Å²) < 4.78 is 0. The van der Waals surface area contributed by atoms with Crippen molar-refractivity contribution in [2.24, 2.45) is 5.92 Å². The largest absolute Gasteiger partial charge is 0.385 e. The Morgan fingerprint density at radius 2 is 2.12 bits per heavy atom. The molecule has 2 N–H and O–H groups in total. The van der Waals surface area contributed by atoms with Crippen LogP contribution in [0.2, 0.25) is 5.02 Å². The van der Waals surface area contributed by atoms with Gasteiger partial charge in [-0.05, 0) is 62.9 Å². The number of hydrogen-bond acceptors (Lipinski definition) is 2. The zero-order valence-electron chi connectivity index (χ0n) is 10.4. The molecule has 0 radical (unpaired) electrons. The summed E-state index contributed by atoms with van der Waals surface area (Å²) >= 11 is 6.00. The molecule has 3 heteroatoms. The van der Waals surface area contributed by atoms with Crippen LogP contribution in [0, 0.1) is 12.8 Å². The minimum absolute atomic E-state index is 0.806. The van der Waals surface area contributed by atoms with E-state index in [4.69, 9.17) is 11.6 Å². The van der Waals surface area contributed by atoms with Crippen LogP contribution in [0.4, 0.5) is 5.69 Å². The molecular formula is C14H21ClN2. The van der Waals surface area contributed by atoms with Crippen LogP contribution in [0.1, 0.15) is 24.8 Å². The molecule has 0 bridgehead atoms. The lowest BCUT2D eigenvalue weighted by molar-refractivity contribution is 0.361. The van der Waals surface area contributed by atoms with Crippen molar-refractivity contribution in [1.29, 1.82) is 0 Å². The van der Waals surface area contributed by atoms with Crippen LogP contribution in [0.3, 0.4) is 0 Å². The third-order valence-corrected chi connectivity index (χ3v) is 3.76. The van der Waals surface area contributed by atoms with E-state index in [1.54, 1.807) is 0 Å².